The van der Waals surface area contributed by atoms with Crippen LogP contribution in [0.2, 0.25) is 0 Å². The fourth-order valence-electron chi connectivity index (χ4n) is 1.88. The lowest BCUT2D eigenvalue weighted by molar-refractivity contribution is -0.153. The summed E-state index contributed by atoms with van der Waals surface area (Å²) in [5, 5.41) is 8.40. The Morgan fingerprint density at radius 1 is 1.24 bits per heavy atom. The fraction of sp³-hybridized carbons (Fsp3) is 0.235. The molecule has 2 rings (SSSR count). The second-order valence-electron chi connectivity index (χ2n) is 5.12. The monoisotopic (exact) mass is 364 g/mol. The third-order valence-corrected chi connectivity index (χ3v) is 3.89. The number of ether oxygens (including phenoxy) is 1. The molecular formula is C17H17FN2O4S. The number of amides is 2. The number of benzene rings is 1. The number of carbonyl (C=O) groups excluding carboxylic acids is 3. The van der Waals surface area contributed by atoms with Crippen LogP contribution >= 0.6 is 11.3 Å². The van der Waals surface area contributed by atoms with Crippen molar-refractivity contribution in [3.63, 3.8) is 0 Å². The standard InChI is InChI=1S/C17H17FN2O4S/c1-11(16(22)20-14-5-3-2-4-13(14)18)24-15(21)6-8-19-17(23)12-7-9-25-10-12/h2-5,7,9-11H,6,8H2,1H3,(H,19,23)(H,20,22). The zero-order chi connectivity index (χ0) is 18.2. The highest BCUT2D eigenvalue weighted by Crippen LogP contribution is 2.13. The van der Waals surface area contributed by atoms with Gasteiger partial charge in [-0.15, -0.1) is 0 Å². The van der Waals surface area contributed by atoms with Gasteiger partial charge in [0.2, 0.25) is 0 Å². The van der Waals surface area contributed by atoms with E-state index in [-0.39, 0.29) is 24.6 Å². The third kappa shape index (κ3) is 5.68. The number of para-hydroxylation sites is 1. The number of carbonyl (C=O) groups is 3. The fourth-order valence-corrected chi connectivity index (χ4v) is 2.52. The number of nitrogens with one attached hydrogen (secondary N) is 2. The summed E-state index contributed by atoms with van der Waals surface area (Å²) in [5.74, 6) is -2.13. The van der Waals surface area contributed by atoms with Crippen LogP contribution < -0.4 is 10.6 Å². The van der Waals surface area contributed by atoms with Gasteiger partial charge in [0.1, 0.15) is 5.82 Å². The summed E-state index contributed by atoms with van der Waals surface area (Å²) in [4.78, 5) is 35.3. The molecule has 0 bridgehead atoms. The minimum absolute atomic E-state index is 0.0124. The first-order chi connectivity index (χ1) is 12.0. The average Bonchev–Trinajstić information content (AvgIpc) is 3.11. The average molecular weight is 364 g/mol. The van der Waals surface area contributed by atoms with Crippen molar-refractivity contribution < 1.29 is 23.5 Å². The Balaban J connectivity index is 1.73. The molecule has 0 radical (unpaired) electrons. The minimum atomic E-state index is -1.08. The van der Waals surface area contributed by atoms with Crippen LogP contribution in [0.15, 0.2) is 41.1 Å². The maximum Gasteiger partial charge on any atom is 0.308 e. The van der Waals surface area contributed by atoms with E-state index in [2.05, 4.69) is 10.6 Å². The second kappa shape index (κ2) is 8.93. The van der Waals surface area contributed by atoms with Gasteiger partial charge in [-0.3, -0.25) is 14.4 Å². The molecular weight excluding hydrogens is 347 g/mol. The molecule has 1 aromatic carbocycles. The van der Waals surface area contributed by atoms with E-state index >= 15 is 0 Å². The molecule has 25 heavy (non-hydrogen) atoms. The zero-order valence-corrected chi connectivity index (χ0v) is 14.3. The molecule has 2 aromatic rings. The van der Waals surface area contributed by atoms with Crippen molar-refractivity contribution in [3.8, 4) is 0 Å². The Morgan fingerprint density at radius 3 is 2.68 bits per heavy atom. The maximum atomic E-state index is 13.5. The van der Waals surface area contributed by atoms with Crippen molar-refractivity contribution >= 4 is 34.8 Å². The lowest BCUT2D eigenvalue weighted by atomic mass is 10.3. The first-order valence-electron chi connectivity index (χ1n) is 7.52. The maximum absolute atomic E-state index is 13.5. The summed E-state index contributed by atoms with van der Waals surface area (Å²) in [7, 11) is 0. The molecule has 0 aliphatic carbocycles. The van der Waals surface area contributed by atoms with Crippen molar-refractivity contribution in [2.24, 2.45) is 0 Å². The summed E-state index contributed by atoms with van der Waals surface area (Å²) >= 11 is 1.40. The van der Waals surface area contributed by atoms with Gasteiger partial charge < -0.3 is 15.4 Å². The second-order valence-corrected chi connectivity index (χ2v) is 5.90. The Morgan fingerprint density at radius 2 is 2.00 bits per heavy atom. The molecule has 0 aliphatic heterocycles. The number of anilines is 1. The molecule has 2 amide bonds. The van der Waals surface area contributed by atoms with E-state index in [4.69, 9.17) is 4.74 Å². The first kappa shape index (κ1) is 18.6. The Bertz CT molecular complexity index is 749. The summed E-state index contributed by atoms with van der Waals surface area (Å²) in [6.07, 6.45) is -1.16. The first-order valence-corrected chi connectivity index (χ1v) is 8.47. The minimum Gasteiger partial charge on any atom is -0.452 e. The summed E-state index contributed by atoms with van der Waals surface area (Å²) in [5.41, 5.74) is 0.537. The van der Waals surface area contributed by atoms with Crippen LogP contribution in [-0.2, 0) is 14.3 Å². The van der Waals surface area contributed by atoms with Crippen LogP contribution in [-0.4, -0.2) is 30.4 Å². The third-order valence-electron chi connectivity index (χ3n) is 3.21. The normalized spacial score (nSPS) is 11.4. The lowest BCUT2D eigenvalue weighted by Gasteiger charge is -2.14. The molecule has 1 aromatic heterocycles. The van der Waals surface area contributed by atoms with Gasteiger partial charge in [-0.1, -0.05) is 12.1 Å². The van der Waals surface area contributed by atoms with E-state index in [1.165, 1.54) is 36.5 Å². The molecule has 8 heteroatoms. The molecule has 0 aliphatic rings. The van der Waals surface area contributed by atoms with Crippen LogP contribution in [0.25, 0.3) is 0 Å². The number of halogens is 1. The Labute approximate surface area is 148 Å². The molecule has 6 nitrogen and oxygen atoms in total. The van der Waals surface area contributed by atoms with Gasteiger partial charge in [0.05, 0.1) is 12.1 Å². The highest BCUT2D eigenvalue weighted by atomic mass is 32.1. The topological polar surface area (TPSA) is 84.5 Å². The van der Waals surface area contributed by atoms with Gasteiger partial charge in [0.25, 0.3) is 11.8 Å². The van der Waals surface area contributed by atoms with E-state index in [0.717, 1.165) is 0 Å². The van der Waals surface area contributed by atoms with Gasteiger partial charge >= 0.3 is 5.97 Å². The molecule has 0 spiro atoms. The van der Waals surface area contributed by atoms with Crippen LogP contribution in [0.1, 0.15) is 23.7 Å². The molecule has 0 saturated carbocycles. The van der Waals surface area contributed by atoms with Crippen molar-refractivity contribution in [3.05, 3.63) is 52.5 Å². The number of hydrogen-bond donors (Lipinski definition) is 2. The van der Waals surface area contributed by atoms with Gasteiger partial charge in [-0.05, 0) is 30.5 Å². The molecule has 1 unspecified atom stereocenters. The van der Waals surface area contributed by atoms with E-state index in [1.54, 1.807) is 22.9 Å². The number of esters is 1. The van der Waals surface area contributed by atoms with Crippen LogP contribution in [0, 0.1) is 5.82 Å². The number of thiophene rings is 1. The zero-order valence-electron chi connectivity index (χ0n) is 13.5. The summed E-state index contributed by atoms with van der Waals surface area (Å²) in [6, 6.07) is 7.36. The van der Waals surface area contributed by atoms with Gasteiger partial charge in [-0.25, -0.2) is 4.39 Å². The van der Waals surface area contributed by atoms with Crippen molar-refractivity contribution in [2.75, 3.05) is 11.9 Å². The van der Waals surface area contributed by atoms with Crippen molar-refractivity contribution in [2.45, 2.75) is 19.4 Å². The molecule has 1 atom stereocenters. The van der Waals surface area contributed by atoms with Gasteiger partial charge in [0.15, 0.2) is 6.10 Å². The SMILES string of the molecule is CC(OC(=O)CCNC(=O)c1ccsc1)C(=O)Nc1ccccc1F. The molecule has 2 N–H and O–H groups in total. The molecule has 1 heterocycles. The van der Waals surface area contributed by atoms with E-state index in [0.29, 0.717) is 5.56 Å². The number of hydrogen-bond acceptors (Lipinski definition) is 5. The smallest absolute Gasteiger partial charge is 0.308 e. The van der Waals surface area contributed by atoms with Crippen molar-refractivity contribution in [1.82, 2.24) is 5.32 Å². The van der Waals surface area contributed by atoms with Crippen molar-refractivity contribution in [1.29, 1.82) is 0 Å². The van der Waals surface area contributed by atoms with Gasteiger partial charge in [0, 0.05) is 17.5 Å². The van der Waals surface area contributed by atoms with Gasteiger partial charge in [-0.2, -0.15) is 11.3 Å². The highest BCUT2D eigenvalue weighted by molar-refractivity contribution is 7.08. The predicted molar refractivity (Wildman–Crippen MR) is 91.9 cm³/mol. The molecule has 132 valence electrons. The summed E-state index contributed by atoms with van der Waals surface area (Å²) < 4.78 is 18.4. The lowest BCUT2D eigenvalue weighted by Crippen LogP contribution is -2.32. The van der Waals surface area contributed by atoms with E-state index < -0.39 is 23.8 Å². The highest BCUT2D eigenvalue weighted by Gasteiger charge is 2.19. The Kier molecular flexibility index (Phi) is 6.64. The summed E-state index contributed by atoms with van der Waals surface area (Å²) in [6.45, 7) is 1.48. The van der Waals surface area contributed by atoms with Crippen LogP contribution in [0.3, 0.4) is 0 Å². The number of rotatable bonds is 7. The quantitative estimate of drug-likeness (QED) is 0.740. The van der Waals surface area contributed by atoms with Crippen LogP contribution in [0.4, 0.5) is 10.1 Å². The molecule has 0 fully saturated rings. The van der Waals surface area contributed by atoms with E-state index in [1.807, 2.05) is 0 Å². The van der Waals surface area contributed by atoms with Crippen LogP contribution in [0.5, 0.6) is 0 Å². The molecule has 0 saturated heterocycles. The predicted octanol–water partition coefficient (Wildman–Crippen LogP) is 2.58. The largest absolute Gasteiger partial charge is 0.452 e. The van der Waals surface area contributed by atoms with E-state index in [9.17, 15) is 18.8 Å². The Hall–Kier alpha value is -2.74.